The van der Waals surface area contributed by atoms with Gasteiger partial charge in [0.05, 0.1) is 40.3 Å². The predicted molar refractivity (Wildman–Crippen MR) is 306 cm³/mol. The molecule has 0 aliphatic rings. The zero-order chi connectivity index (χ0) is 53.4. The smallest absolute Gasteiger partial charge is 0.306 e. The first-order valence-corrected chi connectivity index (χ1v) is 30.8. The molecule has 2 atom stereocenters. The van der Waals surface area contributed by atoms with E-state index in [1.54, 1.807) is 0 Å². The second kappa shape index (κ2) is 55.5. The van der Waals surface area contributed by atoms with E-state index < -0.39 is 24.3 Å². The number of hydrogen-bond donors (Lipinski definition) is 0. The second-order valence-electron chi connectivity index (χ2n) is 22.0. The van der Waals surface area contributed by atoms with Gasteiger partial charge in [0.2, 0.25) is 0 Å². The van der Waals surface area contributed by atoms with Gasteiger partial charge in [-0.2, -0.15) is 0 Å². The molecule has 0 bridgehead atoms. The minimum atomic E-state index is -1.62. The molecule has 0 aliphatic carbocycles. The van der Waals surface area contributed by atoms with Crippen molar-refractivity contribution >= 4 is 17.9 Å². The fraction of sp³-hybridized carbons (Fsp3) is 0.828. The van der Waals surface area contributed by atoms with Gasteiger partial charge in [-0.25, -0.2) is 0 Å². The number of unbranched alkanes of at least 4 members (excludes halogenated alkanes) is 34. The van der Waals surface area contributed by atoms with Gasteiger partial charge in [-0.05, 0) is 77.0 Å². The van der Waals surface area contributed by atoms with Crippen LogP contribution in [0.2, 0.25) is 0 Å². The van der Waals surface area contributed by atoms with E-state index in [4.69, 9.17) is 18.9 Å². The summed E-state index contributed by atoms with van der Waals surface area (Å²) < 4.78 is 22.7. The average Bonchev–Trinajstić information content (AvgIpc) is 3.36. The molecule has 9 nitrogen and oxygen atoms in total. The Morgan fingerprint density at radius 1 is 0.411 bits per heavy atom. The van der Waals surface area contributed by atoms with Gasteiger partial charge < -0.3 is 33.3 Å². The number of aliphatic carboxylic acids is 1. The van der Waals surface area contributed by atoms with Gasteiger partial charge in [0, 0.05) is 12.8 Å². The molecule has 73 heavy (non-hydrogen) atoms. The summed E-state index contributed by atoms with van der Waals surface area (Å²) in [5.74, 6) is -2.29. The van der Waals surface area contributed by atoms with E-state index in [2.05, 4.69) is 62.5 Å². The molecule has 0 rings (SSSR count). The molecule has 0 aromatic heterocycles. The number of ether oxygens (including phenoxy) is 4. The maximum absolute atomic E-state index is 12.9. The summed E-state index contributed by atoms with van der Waals surface area (Å²) >= 11 is 0. The standard InChI is InChI=1S/C64H117NO8/c1-6-8-10-12-14-16-18-20-22-23-24-25-26-27-28-29-30-31-32-33-34-35-36-37-38-39-41-43-45-47-49-51-53-55-62(67)73-60(59-72-64(63(68)69)70-57-56-65(3,4)5)58-71-61(66)54-52-50-48-46-44-42-40-21-19-17-15-13-11-9-7-2/h15,17-18,20-21,23-24,40,60,64H,6-14,16,19,22,25-39,41-59H2,1-5H3/b17-15-,20-18-,24-23-,40-21-. The summed E-state index contributed by atoms with van der Waals surface area (Å²) in [5, 5.41) is 11.8. The van der Waals surface area contributed by atoms with E-state index in [1.165, 1.54) is 186 Å². The topological polar surface area (TPSA) is 111 Å². The van der Waals surface area contributed by atoms with Crippen molar-refractivity contribution in [3.63, 3.8) is 0 Å². The third-order valence-corrected chi connectivity index (χ3v) is 13.5. The summed E-state index contributed by atoms with van der Waals surface area (Å²) in [6.45, 7) is 4.72. The monoisotopic (exact) mass is 1030 g/mol. The fourth-order valence-electron chi connectivity index (χ4n) is 8.78. The highest BCUT2D eigenvalue weighted by Gasteiger charge is 2.22. The Balaban J connectivity index is 4.07. The Morgan fingerprint density at radius 2 is 0.740 bits per heavy atom. The van der Waals surface area contributed by atoms with E-state index in [0.29, 0.717) is 17.4 Å². The van der Waals surface area contributed by atoms with Gasteiger partial charge >= 0.3 is 11.9 Å². The molecule has 0 saturated carbocycles. The van der Waals surface area contributed by atoms with Crippen molar-refractivity contribution in [1.29, 1.82) is 0 Å². The van der Waals surface area contributed by atoms with Crippen LogP contribution in [0.25, 0.3) is 0 Å². The number of carbonyl (C=O) groups is 3. The van der Waals surface area contributed by atoms with E-state index in [0.717, 1.165) is 64.2 Å². The van der Waals surface area contributed by atoms with Crippen LogP contribution < -0.4 is 5.11 Å². The molecule has 0 spiro atoms. The molecule has 426 valence electrons. The minimum Gasteiger partial charge on any atom is -0.545 e. The Hall–Kier alpha value is -2.75. The first kappa shape index (κ1) is 70.2. The third-order valence-electron chi connectivity index (χ3n) is 13.5. The van der Waals surface area contributed by atoms with Crippen molar-refractivity contribution in [2.24, 2.45) is 0 Å². The maximum atomic E-state index is 12.9. The molecule has 0 aromatic rings. The fourth-order valence-corrected chi connectivity index (χ4v) is 8.78. The second-order valence-corrected chi connectivity index (χ2v) is 22.0. The van der Waals surface area contributed by atoms with Gasteiger partial charge in [0.1, 0.15) is 13.2 Å². The van der Waals surface area contributed by atoms with Crippen LogP contribution in [0.1, 0.15) is 284 Å². The number of hydrogen-bond acceptors (Lipinski definition) is 8. The van der Waals surface area contributed by atoms with Crippen LogP contribution in [0.3, 0.4) is 0 Å². The van der Waals surface area contributed by atoms with E-state index in [-0.39, 0.29) is 38.6 Å². The SMILES string of the molecule is CCCCC/C=C\C/C=C\CCCCCCCC(=O)OCC(COC(OCC[N+](C)(C)C)C(=O)[O-])OC(=O)CCCCCCCCCCCCCCCCCCCCCCC/C=C\C/C=C\CCCCCCC. The molecule has 0 aromatic carbocycles. The van der Waals surface area contributed by atoms with Gasteiger partial charge in [-0.15, -0.1) is 0 Å². The van der Waals surface area contributed by atoms with E-state index >= 15 is 0 Å². The maximum Gasteiger partial charge on any atom is 0.306 e. The lowest BCUT2D eigenvalue weighted by Crippen LogP contribution is -2.44. The lowest BCUT2D eigenvalue weighted by atomic mass is 10.0. The average molecular weight is 1030 g/mol. The predicted octanol–water partition coefficient (Wildman–Crippen LogP) is 16.9. The lowest BCUT2D eigenvalue weighted by Gasteiger charge is -2.26. The molecule has 0 amide bonds. The number of esters is 2. The largest absolute Gasteiger partial charge is 0.545 e. The highest BCUT2D eigenvalue weighted by Crippen LogP contribution is 2.17. The lowest BCUT2D eigenvalue weighted by molar-refractivity contribution is -0.870. The van der Waals surface area contributed by atoms with Gasteiger partial charge in [-0.3, -0.25) is 9.59 Å². The first-order valence-electron chi connectivity index (χ1n) is 30.8. The van der Waals surface area contributed by atoms with Crippen LogP contribution in [-0.2, 0) is 33.3 Å². The van der Waals surface area contributed by atoms with Gasteiger partial charge in [0.15, 0.2) is 12.4 Å². The summed E-state index contributed by atoms with van der Waals surface area (Å²) in [5.41, 5.74) is 0. The quantitative estimate of drug-likeness (QED) is 0.0195. The number of carbonyl (C=O) groups excluding carboxylic acids is 3. The van der Waals surface area contributed by atoms with E-state index in [1.807, 2.05) is 21.1 Å². The van der Waals surface area contributed by atoms with Crippen LogP contribution in [0.15, 0.2) is 48.6 Å². The highest BCUT2D eigenvalue weighted by molar-refractivity contribution is 5.70. The van der Waals surface area contributed by atoms with Crippen LogP contribution in [-0.4, -0.2) is 82.3 Å². The molecule has 2 unspecified atom stereocenters. The molecule has 0 N–H and O–H groups in total. The van der Waals surface area contributed by atoms with Crippen LogP contribution >= 0.6 is 0 Å². The molecule has 0 radical (unpaired) electrons. The number of carboxylic acids is 1. The number of likely N-dealkylation sites (N-methyl/N-ethyl adjacent to an activating group) is 1. The van der Waals surface area contributed by atoms with Crippen molar-refractivity contribution < 1.29 is 42.9 Å². The van der Waals surface area contributed by atoms with Crippen molar-refractivity contribution in [2.75, 3.05) is 47.5 Å². The van der Waals surface area contributed by atoms with Crippen LogP contribution in [0, 0.1) is 0 Å². The Bertz CT molecular complexity index is 1340. The molecular formula is C64H117NO8. The Kier molecular flexibility index (Phi) is 53.4. The molecule has 0 saturated heterocycles. The molecular weight excluding hydrogens is 911 g/mol. The van der Waals surface area contributed by atoms with Crippen molar-refractivity contribution in [1.82, 2.24) is 0 Å². The van der Waals surface area contributed by atoms with Crippen molar-refractivity contribution in [3.8, 4) is 0 Å². The van der Waals surface area contributed by atoms with Gasteiger partial charge in [-0.1, -0.05) is 242 Å². The zero-order valence-electron chi connectivity index (χ0n) is 48.5. The number of nitrogens with zero attached hydrogens (tertiary/aromatic N) is 1. The summed E-state index contributed by atoms with van der Waals surface area (Å²) in [7, 11) is 5.92. The zero-order valence-corrected chi connectivity index (χ0v) is 48.5. The molecule has 0 aliphatic heterocycles. The van der Waals surface area contributed by atoms with E-state index in [9.17, 15) is 19.5 Å². The first-order chi connectivity index (χ1) is 35.6. The van der Waals surface area contributed by atoms with Gasteiger partial charge in [0.25, 0.3) is 0 Å². The Morgan fingerprint density at radius 3 is 1.11 bits per heavy atom. The number of allylic oxidation sites excluding steroid dienone is 8. The number of carboxylic acid groups (broad SMARTS) is 1. The highest BCUT2D eigenvalue weighted by atomic mass is 16.7. The Labute approximate surface area is 451 Å². The normalized spacial score (nSPS) is 13.1. The van der Waals surface area contributed by atoms with Crippen LogP contribution in [0.4, 0.5) is 0 Å². The number of rotatable bonds is 57. The summed E-state index contributed by atoms with van der Waals surface area (Å²) in [4.78, 5) is 37.3. The minimum absolute atomic E-state index is 0.146. The van der Waals surface area contributed by atoms with Crippen molar-refractivity contribution in [3.05, 3.63) is 48.6 Å². The summed E-state index contributed by atoms with van der Waals surface area (Å²) in [6, 6.07) is 0. The van der Waals surface area contributed by atoms with Crippen LogP contribution in [0.5, 0.6) is 0 Å². The molecule has 0 heterocycles. The summed E-state index contributed by atoms with van der Waals surface area (Å²) in [6.07, 6.45) is 66.1. The molecule has 0 fully saturated rings. The van der Waals surface area contributed by atoms with Crippen molar-refractivity contribution in [2.45, 2.75) is 296 Å². The third kappa shape index (κ3) is 56.8. The number of quaternary nitrogens is 1. The molecule has 9 heteroatoms.